The highest BCUT2D eigenvalue weighted by molar-refractivity contribution is 5.94. The van der Waals surface area contributed by atoms with Crippen LogP contribution in [0.3, 0.4) is 0 Å². The molecule has 1 fully saturated rings. The number of hydrogen-bond donors (Lipinski definition) is 1. The van der Waals surface area contributed by atoms with Gasteiger partial charge in [-0.1, -0.05) is 12.1 Å². The van der Waals surface area contributed by atoms with Gasteiger partial charge < -0.3 is 10.2 Å². The molecule has 5 rings (SSSR count). The maximum Gasteiger partial charge on any atom is 0.273 e. The molecule has 0 spiro atoms. The maximum absolute atomic E-state index is 13.3. The Hall–Kier alpha value is -3.26. The smallest absolute Gasteiger partial charge is 0.273 e. The monoisotopic (exact) mass is 445 g/mol. The van der Waals surface area contributed by atoms with E-state index in [9.17, 15) is 4.79 Å². The number of benzene rings is 1. The highest BCUT2D eigenvalue weighted by Crippen LogP contribution is 2.26. The summed E-state index contributed by atoms with van der Waals surface area (Å²) in [5, 5.41) is 7.65. The molecule has 2 aromatic heterocycles. The number of nitrogens with zero attached hydrogens (tertiary/aromatic N) is 6. The Labute approximate surface area is 194 Å². The van der Waals surface area contributed by atoms with Gasteiger partial charge in [0, 0.05) is 57.4 Å². The Morgan fingerprint density at radius 1 is 1.09 bits per heavy atom. The standard InChI is InChI=1S/C25H31N7O/c1-17-13-18(2)32(29-17)20-8-6-7-19(14-20)15-30-12-9-22-21(16-30)23(28-25(26-3)27-22)24(33)31-10-4-5-11-31/h6-8,13-14H,4-5,9-12,15-16H2,1-3H3,(H,26,27,28). The van der Waals surface area contributed by atoms with Gasteiger partial charge in [-0.2, -0.15) is 5.10 Å². The molecular weight excluding hydrogens is 414 g/mol. The van der Waals surface area contributed by atoms with Crippen LogP contribution >= 0.6 is 0 Å². The topological polar surface area (TPSA) is 79.2 Å². The van der Waals surface area contributed by atoms with Crippen molar-refractivity contribution in [3.8, 4) is 5.69 Å². The first-order valence-electron chi connectivity index (χ1n) is 11.7. The van der Waals surface area contributed by atoms with E-state index in [1.165, 1.54) is 5.56 Å². The van der Waals surface area contributed by atoms with Crippen LogP contribution < -0.4 is 5.32 Å². The van der Waals surface area contributed by atoms with E-state index in [-0.39, 0.29) is 5.91 Å². The van der Waals surface area contributed by atoms with Crippen LogP contribution in [0.4, 0.5) is 5.95 Å². The average molecular weight is 446 g/mol. The third kappa shape index (κ3) is 4.35. The summed E-state index contributed by atoms with van der Waals surface area (Å²) in [6.45, 7) is 8.10. The molecule has 2 aliphatic heterocycles. The molecule has 1 saturated heterocycles. The molecule has 8 heteroatoms. The lowest BCUT2D eigenvalue weighted by Crippen LogP contribution is -2.35. The van der Waals surface area contributed by atoms with Crippen molar-refractivity contribution in [2.45, 2.75) is 46.2 Å². The van der Waals surface area contributed by atoms with Gasteiger partial charge in [-0.25, -0.2) is 14.6 Å². The minimum absolute atomic E-state index is 0.0380. The average Bonchev–Trinajstić information content (AvgIpc) is 3.47. The first kappa shape index (κ1) is 21.6. The zero-order valence-corrected chi connectivity index (χ0v) is 19.6. The van der Waals surface area contributed by atoms with Gasteiger partial charge in [0.15, 0.2) is 0 Å². The van der Waals surface area contributed by atoms with Crippen LogP contribution in [0.2, 0.25) is 0 Å². The van der Waals surface area contributed by atoms with Crippen molar-refractivity contribution in [3.63, 3.8) is 0 Å². The Balaban J connectivity index is 1.39. The van der Waals surface area contributed by atoms with Crippen LogP contribution in [-0.2, 0) is 19.5 Å². The Morgan fingerprint density at radius 3 is 2.64 bits per heavy atom. The van der Waals surface area contributed by atoms with Crippen molar-refractivity contribution >= 4 is 11.9 Å². The zero-order valence-electron chi connectivity index (χ0n) is 19.6. The molecule has 0 bridgehead atoms. The second-order valence-corrected chi connectivity index (χ2v) is 9.04. The number of carbonyl (C=O) groups is 1. The third-order valence-corrected chi connectivity index (χ3v) is 6.53. The third-order valence-electron chi connectivity index (χ3n) is 6.53. The number of aryl methyl sites for hydroxylation is 2. The summed E-state index contributed by atoms with van der Waals surface area (Å²) in [4.78, 5) is 26.9. The van der Waals surface area contributed by atoms with Crippen molar-refractivity contribution in [3.05, 3.63) is 64.2 Å². The number of likely N-dealkylation sites (tertiary alicyclic amines) is 1. The summed E-state index contributed by atoms with van der Waals surface area (Å²) in [5.74, 6) is 0.568. The van der Waals surface area contributed by atoms with E-state index in [2.05, 4.69) is 62.5 Å². The van der Waals surface area contributed by atoms with Crippen LogP contribution in [0.25, 0.3) is 5.69 Å². The number of nitrogens with one attached hydrogen (secondary N) is 1. The summed E-state index contributed by atoms with van der Waals surface area (Å²) in [5.41, 5.74) is 6.97. The predicted octanol–water partition coefficient (Wildman–Crippen LogP) is 3.12. The number of fused-ring (bicyclic) bond motifs is 1. The Bertz CT molecular complexity index is 1180. The molecule has 33 heavy (non-hydrogen) atoms. The van der Waals surface area contributed by atoms with E-state index >= 15 is 0 Å². The summed E-state index contributed by atoms with van der Waals surface area (Å²) in [6.07, 6.45) is 2.94. The van der Waals surface area contributed by atoms with Crippen molar-refractivity contribution in [1.29, 1.82) is 0 Å². The normalized spacial score (nSPS) is 16.2. The highest BCUT2D eigenvalue weighted by Gasteiger charge is 2.29. The zero-order chi connectivity index (χ0) is 22.9. The first-order chi connectivity index (χ1) is 16.0. The molecule has 0 radical (unpaired) electrons. The van der Waals surface area contributed by atoms with E-state index < -0.39 is 0 Å². The minimum atomic E-state index is 0.0380. The summed E-state index contributed by atoms with van der Waals surface area (Å²) in [6, 6.07) is 10.6. The van der Waals surface area contributed by atoms with Crippen LogP contribution in [0.1, 0.15) is 51.5 Å². The SMILES string of the molecule is CNc1nc2c(c(C(=O)N3CCCC3)n1)CN(Cc1cccc(-n3nc(C)cc3C)c1)CC2. The van der Waals surface area contributed by atoms with Gasteiger partial charge in [0.25, 0.3) is 5.91 Å². The van der Waals surface area contributed by atoms with Crippen LogP contribution in [0.5, 0.6) is 0 Å². The number of amides is 1. The summed E-state index contributed by atoms with van der Waals surface area (Å²) >= 11 is 0. The van der Waals surface area contributed by atoms with Crippen LogP contribution in [0, 0.1) is 13.8 Å². The fourth-order valence-corrected chi connectivity index (χ4v) is 4.90. The molecule has 0 aliphatic carbocycles. The van der Waals surface area contributed by atoms with Gasteiger partial charge in [0.2, 0.25) is 5.95 Å². The van der Waals surface area contributed by atoms with E-state index in [1.54, 1.807) is 7.05 Å². The first-order valence-corrected chi connectivity index (χ1v) is 11.7. The molecule has 2 aliphatic rings. The Morgan fingerprint density at radius 2 is 1.91 bits per heavy atom. The molecule has 4 heterocycles. The fraction of sp³-hybridized carbons (Fsp3) is 0.440. The molecule has 172 valence electrons. The Kier molecular flexibility index (Phi) is 5.85. The summed E-state index contributed by atoms with van der Waals surface area (Å²) in [7, 11) is 1.80. The quantitative estimate of drug-likeness (QED) is 0.650. The molecule has 0 atom stereocenters. The number of rotatable bonds is 5. The number of anilines is 1. The van der Waals surface area contributed by atoms with Gasteiger partial charge in [-0.3, -0.25) is 9.69 Å². The van der Waals surface area contributed by atoms with Crippen LogP contribution in [0.15, 0.2) is 30.3 Å². The van der Waals surface area contributed by atoms with E-state index in [4.69, 9.17) is 0 Å². The predicted molar refractivity (Wildman–Crippen MR) is 128 cm³/mol. The van der Waals surface area contributed by atoms with Crippen molar-refractivity contribution in [2.75, 3.05) is 32.0 Å². The van der Waals surface area contributed by atoms with Gasteiger partial charge in [0.1, 0.15) is 5.69 Å². The van der Waals surface area contributed by atoms with E-state index in [0.29, 0.717) is 18.2 Å². The number of carbonyl (C=O) groups excluding carboxylic acids is 1. The van der Waals surface area contributed by atoms with Crippen LogP contribution in [-0.4, -0.2) is 62.1 Å². The highest BCUT2D eigenvalue weighted by atomic mass is 16.2. The molecular formula is C25H31N7O. The lowest BCUT2D eigenvalue weighted by molar-refractivity contribution is 0.0783. The van der Waals surface area contributed by atoms with Gasteiger partial charge in [0.05, 0.1) is 17.1 Å². The number of aromatic nitrogens is 4. The molecule has 3 aromatic rings. The molecule has 1 aromatic carbocycles. The molecule has 0 unspecified atom stereocenters. The van der Waals surface area contributed by atoms with Gasteiger partial charge >= 0.3 is 0 Å². The second-order valence-electron chi connectivity index (χ2n) is 9.04. The minimum Gasteiger partial charge on any atom is -0.357 e. The lowest BCUT2D eigenvalue weighted by Gasteiger charge is -2.30. The fourth-order valence-electron chi connectivity index (χ4n) is 4.90. The maximum atomic E-state index is 13.3. The largest absolute Gasteiger partial charge is 0.357 e. The van der Waals surface area contributed by atoms with Crippen molar-refractivity contribution < 1.29 is 4.79 Å². The van der Waals surface area contributed by atoms with E-state index in [1.807, 2.05) is 16.5 Å². The molecule has 8 nitrogen and oxygen atoms in total. The van der Waals surface area contributed by atoms with Gasteiger partial charge in [-0.15, -0.1) is 0 Å². The number of hydrogen-bond acceptors (Lipinski definition) is 6. The van der Waals surface area contributed by atoms with Crippen molar-refractivity contribution in [1.82, 2.24) is 29.5 Å². The van der Waals surface area contributed by atoms with Gasteiger partial charge in [-0.05, 0) is 50.5 Å². The molecule has 1 amide bonds. The molecule has 0 saturated carbocycles. The summed E-state index contributed by atoms with van der Waals surface area (Å²) < 4.78 is 1.99. The molecule has 1 N–H and O–H groups in total. The second kappa shape index (κ2) is 8.94. The lowest BCUT2D eigenvalue weighted by atomic mass is 10.0. The van der Waals surface area contributed by atoms with E-state index in [0.717, 1.165) is 73.8 Å². The van der Waals surface area contributed by atoms with Crippen molar-refractivity contribution in [2.24, 2.45) is 0 Å².